The number of nitrogens with one attached hydrogen (secondary N) is 1. The zero-order valence-electron chi connectivity index (χ0n) is 12.9. The largest absolute Gasteiger partial charge is 0.496 e. The predicted octanol–water partition coefficient (Wildman–Crippen LogP) is 3.21. The maximum absolute atomic E-state index is 10.4. The fourth-order valence-corrected chi connectivity index (χ4v) is 2.97. The number of methoxy groups -OCH3 is 1. The quantitative estimate of drug-likeness (QED) is 0.868. The minimum atomic E-state index is -0.510. The van der Waals surface area contributed by atoms with Gasteiger partial charge in [0.2, 0.25) is 0 Å². The summed E-state index contributed by atoms with van der Waals surface area (Å²) in [6.45, 7) is 4.95. The molecule has 1 aliphatic carbocycles. The van der Waals surface area contributed by atoms with Gasteiger partial charge in [-0.05, 0) is 50.7 Å². The van der Waals surface area contributed by atoms with Crippen molar-refractivity contribution in [1.29, 1.82) is 0 Å². The van der Waals surface area contributed by atoms with Gasteiger partial charge in [-0.2, -0.15) is 0 Å². The monoisotopic (exact) mass is 277 g/mol. The van der Waals surface area contributed by atoms with Crippen molar-refractivity contribution in [2.45, 2.75) is 51.7 Å². The van der Waals surface area contributed by atoms with Crippen LogP contribution in [-0.2, 0) is 0 Å². The van der Waals surface area contributed by atoms with Crippen molar-refractivity contribution in [1.82, 2.24) is 5.32 Å². The van der Waals surface area contributed by atoms with E-state index in [1.54, 1.807) is 7.11 Å². The summed E-state index contributed by atoms with van der Waals surface area (Å²) in [5, 5.41) is 13.9. The van der Waals surface area contributed by atoms with Gasteiger partial charge in [0, 0.05) is 18.2 Å². The molecule has 0 amide bonds. The van der Waals surface area contributed by atoms with Crippen LogP contribution in [0.2, 0.25) is 0 Å². The molecular weight excluding hydrogens is 250 g/mol. The van der Waals surface area contributed by atoms with E-state index >= 15 is 0 Å². The maximum Gasteiger partial charge on any atom is 0.124 e. The lowest BCUT2D eigenvalue weighted by molar-refractivity contribution is 0.159. The highest BCUT2D eigenvalue weighted by molar-refractivity contribution is 5.38. The first-order valence-corrected chi connectivity index (χ1v) is 7.66. The van der Waals surface area contributed by atoms with Crippen LogP contribution in [0.1, 0.15) is 49.8 Å². The average molecular weight is 277 g/mol. The third-order valence-corrected chi connectivity index (χ3v) is 4.36. The first-order chi connectivity index (χ1) is 9.60. The first-order valence-electron chi connectivity index (χ1n) is 7.66. The van der Waals surface area contributed by atoms with Crippen molar-refractivity contribution < 1.29 is 9.84 Å². The Morgan fingerprint density at radius 1 is 1.30 bits per heavy atom. The summed E-state index contributed by atoms with van der Waals surface area (Å²) < 4.78 is 5.34. The molecule has 0 radical (unpaired) electrons. The smallest absolute Gasteiger partial charge is 0.124 e. The molecule has 1 unspecified atom stereocenters. The molecule has 0 saturated heterocycles. The van der Waals surface area contributed by atoms with E-state index in [9.17, 15) is 5.11 Å². The van der Waals surface area contributed by atoms with Crippen LogP contribution < -0.4 is 10.1 Å². The highest BCUT2D eigenvalue weighted by Gasteiger charge is 2.20. The van der Waals surface area contributed by atoms with Crippen LogP contribution in [0.3, 0.4) is 0 Å². The lowest BCUT2D eigenvalue weighted by Gasteiger charge is -2.28. The second-order valence-electron chi connectivity index (χ2n) is 6.13. The lowest BCUT2D eigenvalue weighted by Crippen LogP contribution is -2.35. The van der Waals surface area contributed by atoms with Crippen LogP contribution in [0.25, 0.3) is 0 Å². The van der Waals surface area contributed by atoms with E-state index in [0.29, 0.717) is 12.6 Å². The molecule has 1 saturated carbocycles. The number of hydrogen-bond acceptors (Lipinski definition) is 3. The molecular formula is C17H27NO2. The van der Waals surface area contributed by atoms with E-state index in [4.69, 9.17) is 4.74 Å². The summed E-state index contributed by atoms with van der Waals surface area (Å²) >= 11 is 0. The van der Waals surface area contributed by atoms with Gasteiger partial charge in [0.15, 0.2) is 0 Å². The molecule has 1 aromatic rings. The van der Waals surface area contributed by atoms with Gasteiger partial charge in [0.1, 0.15) is 5.75 Å². The molecule has 2 rings (SSSR count). The van der Waals surface area contributed by atoms with Gasteiger partial charge in [0.05, 0.1) is 13.2 Å². The predicted molar refractivity (Wildman–Crippen MR) is 82.1 cm³/mol. The fourth-order valence-electron chi connectivity index (χ4n) is 2.97. The molecule has 1 atom stereocenters. The summed E-state index contributed by atoms with van der Waals surface area (Å²) in [4.78, 5) is 0. The van der Waals surface area contributed by atoms with Gasteiger partial charge in [0.25, 0.3) is 0 Å². The van der Waals surface area contributed by atoms with Crippen molar-refractivity contribution in [2.24, 2.45) is 5.92 Å². The summed E-state index contributed by atoms with van der Waals surface area (Å²) in [6.07, 6.45) is 4.52. The molecule has 0 bridgehead atoms. The minimum Gasteiger partial charge on any atom is -0.496 e. The van der Waals surface area contributed by atoms with Gasteiger partial charge in [-0.1, -0.05) is 18.6 Å². The SMILES string of the molecule is COc1ccc(C)cc1C(O)CNC1CCC(C)CC1. The van der Waals surface area contributed by atoms with E-state index in [1.807, 2.05) is 25.1 Å². The van der Waals surface area contributed by atoms with Crippen LogP contribution in [0.15, 0.2) is 18.2 Å². The molecule has 1 aliphatic rings. The van der Waals surface area contributed by atoms with Crippen LogP contribution in [-0.4, -0.2) is 24.8 Å². The summed E-state index contributed by atoms with van der Waals surface area (Å²) in [5.74, 6) is 1.62. The Hall–Kier alpha value is -1.06. The zero-order chi connectivity index (χ0) is 14.5. The van der Waals surface area contributed by atoms with Crippen molar-refractivity contribution >= 4 is 0 Å². The molecule has 0 heterocycles. The van der Waals surface area contributed by atoms with Crippen molar-refractivity contribution in [2.75, 3.05) is 13.7 Å². The fraction of sp³-hybridized carbons (Fsp3) is 0.647. The standard InChI is InChI=1S/C17H27NO2/c1-12-4-7-14(8-5-12)18-11-16(19)15-10-13(2)6-9-17(15)20-3/h6,9-10,12,14,16,18-19H,4-5,7-8,11H2,1-3H3. The van der Waals surface area contributed by atoms with Gasteiger partial charge in [-0.3, -0.25) is 0 Å². The number of aryl methyl sites for hydroxylation is 1. The molecule has 0 aliphatic heterocycles. The maximum atomic E-state index is 10.4. The Balaban J connectivity index is 1.91. The Morgan fingerprint density at radius 3 is 2.65 bits per heavy atom. The topological polar surface area (TPSA) is 41.5 Å². The second kappa shape index (κ2) is 7.09. The summed E-state index contributed by atoms with van der Waals surface area (Å²) in [7, 11) is 1.65. The number of hydrogen-bond donors (Lipinski definition) is 2. The van der Waals surface area contributed by atoms with E-state index in [1.165, 1.54) is 25.7 Å². The molecule has 0 aromatic heterocycles. The Morgan fingerprint density at radius 2 is 2.00 bits per heavy atom. The van der Waals surface area contributed by atoms with Gasteiger partial charge in [-0.25, -0.2) is 0 Å². The van der Waals surface area contributed by atoms with Crippen LogP contribution in [0.5, 0.6) is 5.75 Å². The minimum absolute atomic E-state index is 0.510. The summed E-state index contributed by atoms with van der Waals surface area (Å²) in [6, 6.07) is 6.49. The third-order valence-electron chi connectivity index (χ3n) is 4.36. The van der Waals surface area contributed by atoms with E-state index < -0.39 is 6.10 Å². The van der Waals surface area contributed by atoms with Crippen molar-refractivity contribution in [3.8, 4) is 5.75 Å². The normalized spacial score (nSPS) is 24.4. The number of benzene rings is 1. The molecule has 3 nitrogen and oxygen atoms in total. The highest BCUT2D eigenvalue weighted by atomic mass is 16.5. The van der Waals surface area contributed by atoms with Gasteiger partial charge >= 0.3 is 0 Å². The van der Waals surface area contributed by atoms with Crippen molar-refractivity contribution in [3.63, 3.8) is 0 Å². The van der Waals surface area contributed by atoms with E-state index in [2.05, 4.69) is 12.2 Å². The van der Waals surface area contributed by atoms with Crippen LogP contribution in [0.4, 0.5) is 0 Å². The van der Waals surface area contributed by atoms with E-state index in [0.717, 1.165) is 22.8 Å². The van der Waals surface area contributed by atoms with Gasteiger partial charge in [-0.15, -0.1) is 0 Å². The number of aliphatic hydroxyl groups is 1. The lowest BCUT2D eigenvalue weighted by atomic mass is 9.87. The molecule has 0 spiro atoms. The summed E-state index contributed by atoms with van der Waals surface area (Å²) in [5.41, 5.74) is 2.02. The van der Waals surface area contributed by atoms with E-state index in [-0.39, 0.29) is 0 Å². The average Bonchev–Trinajstić information content (AvgIpc) is 2.46. The number of aliphatic hydroxyl groups excluding tert-OH is 1. The molecule has 3 heteroatoms. The molecule has 2 N–H and O–H groups in total. The zero-order valence-corrected chi connectivity index (χ0v) is 12.9. The first kappa shape index (κ1) is 15.3. The van der Waals surface area contributed by atoms with Gasteiger partial charge < -0.3 is 15.2 Å². The Kier molecular flexibility index (Phi) is 5.44. The Bertz CT molecular complexity index is 425. The number of rotatable bonds is 5. The molecule has 1 fully saturated rings. The van der Waals surface area contributed by atoms with Crippen molar-refractivity contribution in [3.05, 3.63) is 29.3 Å². The molecule has 1 aromatic carbocycles. The number of ether oxygens (including phenoxy) is 1. The Labute approximate surface area is 122 Å². The second-order valence-corrected chi connectivity index (χ2v) is 6.13. The van der Waals surface area contributed by atoms with Crippen LogP contribution in [0, 0.1) is 12.8 Å². The highest BCUT2D eigenvalue weighted by Crippen LogP contribution is 2.27. The molecule has 20 heavy (non-hydrogen) atoms. The molecule has 112 valence electrons. The van der Waals surface area contributed by atoms with Crippen LogP contribution >= 0.6 is 0 Å². The third kappa shape index (κ3) is 3.97.